The van der Waals surface area contributed by atoms with Crippen LogP contribution in [0.25, 0.3) is 10.9 Å². The van der Waals surface area contributed by atoms with Crippen LogP contribution in [0.5, 0.6) is 0 Å². The van der Waals surface area contributed by atoms with Gasteiger partial charge in [0.1, 0.15) is 0 Å². The number of alkyl halides is 3. The van der Waals surface area contributed by atoms with E-state index in [2.05, 4.69) is 5.32 Å². The summed E-state index contributed by atoms with van der Waals surface area (Å²) in [4.78, 5) is 12.6. The van der Waals surface area contributed by atoms with E-state index in [1.54, 1.807) is 16.7 Å². The zero-order valence-corrected chi connectivity index (χ0v) is 22.8. The molecular formula is C29H28ClF3N2O5S. The predicted octanol–water partition coefficient (Wildman–Crippen LogP) is 5.15. The highest BCUT2D eigenvalue weighted by Crippen LogP contribution is 2.35. The molecule has 0 fully saturated rings. The molecule has 0 bridgehead atoms. The summed E-state index contributed by atoms with van der Waals surface area (Å²) in [5.74, 6) is -0.648. The summed E-state index contributed by atoms with van der Waals surface area (Å²) >= 11 is 5.81. The number of benzene rings is 3. The van der Waals surface area contributed by atoms with Crippen LogP contribution < -0.4 is 5.32 Å². The fourth-order valence-corrected chi connectivity index (χ4v) is 5.34. The molecule has 12 heteroatoms. The van der Waals surface area contributed by atoms with Crippen molar-refractivity contribution >= 4 is 38.2 Å². The molecule has 1 atom stereocenters. The second-order valence-corrected chi connectivity index (χ2v) is 11.3. The number of rotatable bonds is 10. The van der Waals surface area contributed by atoms with Gasteiger partial charge in [0.2, 0.25) is 0 Å². The summed E-state index contributed by atoms with van der Waals surface area (Å²) in [5.41, 5.74) is -3.11. The molecule has 0 aliphatic rings. The number of hydrogen-bond donors (Lipinski definition) is 3. The smallest absolute Gasteiger partial charge is 0.395 e. The van der Waals surface area contributed by atoms with Crippen molar-refractivity contribution in [2.75, 3.05) is 18.9 Å². The van der Waals surface area contributed by atoms with E-state index in [1.807, 2.05) is 0 Å². The van der Waals surface area contributed by atoms with Crippen molar-refractivity contribution in [1.29, 1.82) is 0 Å². The van der Waals surface area contributed by atoms with Crippen molar-refractivity contribution in [2.45, 2.75) is 36.9 Å². The maximum atomic E-state index is 13.7. The molecule has 0 unspecified atom stereocenters. The molecule has 1 heterocycles. The molecule has 0 saturated heterocycles. The van der Waals surface area contributed by atoms with Crippen molar-refractivity contribution in [2.24, 2.45) is 0 Å². The molecule has 0 aliphatic heterocycles. The van der Waals surface area contributed by atoms with Gasteiger partial charge >= 0.3 is 6.18 Å². The van der Waals surface area contributed by atoms with E-state index < -0.39 is 57.6 Å². The van der Waals surface area contributed by atoms with Gasteiger partial charge in [0.15, 0.2) is 9.84 Å². The number of nitrogens with zero attached hydrogens (tertiary/aromatic N) is 1. The van der Waals surface area contributed by atoms with Gasteiger partial charge in [-0.3, -0.25) is 4.79 Å². The Morgan fingerprint density at radius 1 is 1.10 bits per heavy atom. The molecule has 3 aromatic carbocycles. The molecule has 4 rings (SSSR count). The average Bonchev–Trinajstić information content (AvgIpc) is 3.31. The summed E-state index contributed by atoms with van der Waals surface area (Å²) < 4.78 is 105. The van der Waals surface area contributed by atoms with Crippen molar-refractivity contribution in [3.8, 4) is 0 Å². The van der Waals surface area contributed by atoms with Gasteiger partial charge in [-0.05, 0) is 59.7 Å². The number of nitrogens with one attached hydrogen (secondary N) is 1. The molecule has 3 N–H and O–H groups in total. The van der Waals surface area contributed by atoms with Crippen molar-refractivity contribution in [3.05, 3.63) is 99.7 Å². The molecule has 0 saturated carbocycles. The number of halogens is 4. The van der Waals surface area contributed by atoms with Crippen LogP contribution >= 0.6 is 11.6 Å². The van der Waals surface area contributed by atoms with Crippen LogP contribution in [0.2, 0.25) is 5.02 Å². The molecular weight excluding hydrogens is 581 g/mol. The highest BCUT2D eigenvalue weighted by atomic mass is 35.5. The van der Waals surface area contributed by atoms with Crippen LogP contribution in [-0.4, -0.2) is 48.0 Å². The summed E-state index contributed by atoms with van der Waals surface area (Å²) in [7, 11) is -4.93. The van der Waals surface area contributed by atoms with Gasteiger partial charge in [0, 0.05) is 47.0 Å². The quantitative estimate of drug-likeness (QED) is 0.229. The Bertz CT molecular complexity index is 1860. The molecule has 1 aromatic heterocycles. The third-order valence-electron chi connectivity index (χ3n) is 6.54. The summed E-state index contributed by atoms with van der Waals surface area (Å²) in [6.45, 7) is -4.29. The Hall–Kier alpha value is -3.38. The van der Waals surface area contributed by atoms with E-state index in [4.69, 9.17) is 18.5 Å². The molecule has 0 aliphatic carbocycles. The zero-order chi connectivity index (χ0) is 34.2. The van der Waals surface area contributed by atoms with Gasteiger partial charge in [-0.25, -0.2) is 8.42 Å². The fraction of sp³-hybridized carbons (Fsp3) is 0.276. The number of aliphatic hydroxyl groups is 2. The number of fused-ring (bicyclic) bond motifs is 1. The van der Waals surface area contributed by atoms with E-state index in [9.17, 15) is 36.6 Å². The fourth-order valence-electron chi connectivity index (χ4n) is 4.56. The standard InChI is InChI=1S/C29H28ClF3N2O5S/c1-2-41(39,40)24-8-4-18(5-9-24)26(17-37)34-28(38)20-6-10-27-21(13-20)15-23(35(27)11-12-36)14-19-3-7-22(30)16-25(19)29(31,32)33/h3-10,13,15-16,26,36-37H,2,11-12,14,17H2,1H3,(H,34,38)/t26-/m0/s1/i1D3,2D2. The average molecular weight is 614 g/mol. The van der Waals surface area contributed by atoms with Crippen LogP contribution in [0.4, 0.5) is 13.2 Å². The van der Waals surface area contributed by atoms with Crippen LogP contribution in [-0.2, 0) is 29.0 Å². The van der Waals surface area contributed by atoms with Crippen molar-refractivity contribution < 1.29 is 43.5 Å². The largest absolute Gasteiger partial charge is 0.416 e. The Morgan fingerprint density at radius 2 is 1.83 bits per heavy atom. The minimum atomic E-state index is -4.93. The van der Waals surface area contributed by atoms with E-state index in [-0.39, 0.29) is 41.3 Å². The number of hydrogen-bond acceptors (Lipinski definition) is 5. The topological polar surface area (TPSA) is 109 Å². The van der Waals surface area contributed by atoms with Crippen LogP contribution in [0.3, 0.4) is 0 Å². The van der Waals surface area contributed by atoms with E-state index in [1.165, 1.54) is 36.4 Å². The van der Waals surface area contributed by atoms with Crippen LogP contribution in [0.1, 0.15) is 52.5 Å². The first kappa shape index (κ1) is 24.2. The van der Waals surface area contributed by atoms with Crippen molar-refractivity contribution in [1.82, 2.24) is 9.88 Å². The maximum Gasteiger partial charge on any atom is 0.416 e. The number of amides is 1. The molecule has 0 radical (unpaired) electrons. The summed E-state index contributed by atoms with van der Waals surface area (Å²) in [6, 6.07) is 12.9. The molecule has 0 spiro atoms. The molecule has 7 nitrogen and oxygen atoms in total. The van der Waals surface area contributed by atoms with Gasteiger partial charge in [-0.1, -0.05) is 36.7 Å². The number of aromatic nitrogens is 1. The number of carbonyl (C=O) groups excluding carboxylic acids is 1. The van der Waals surface area contributed by atoms with Crippen LogP contribution in [0, 0.1) is 0 Å². The summed E-state index contributed by atoms with van der Waals surface area (Å²) in [6.07, 6.45) is -4.79. The Balaban J connectivity index is 1.60. The Morgan fingerprint density at radius 3 is 2.46 bits per heavy atom. The molecule has 4 aromatic rings. The third-order valence-corrected chi connectivity index (χ3v) is 7.93. The highest BCUT2D eigenvalue weighted by molar-refractivity contribution is 7.91. The van der Waals surface area contributed by atoms with E-state index in [0.29, 0.717) is 16.6 Å². The predicted molar refractivity (Wildman–Crippen MR) is 150 cm³/mol. The van der Waals surface area contributed by atoms with Gasteiger partial charge in [-0.15, -0.1) is 0 Å². The normalized spacial score (nSPS) is 15.4. The zero-order valence-electron chi connectivity index (χ0n) is 26.2. The van der Waals surface area contributed by atoms with E-state index >= 15 is 0 Å². The first-order valence-electron chi connectivity index (χ1n) is 14.7. The van der Waals surface area contributed by atoms with Gasteiger partial charge in [0.25, 0.3) is 5.91 Å². The Labute approximate surface area is 247 Å². The van der Waals surface area contributed by atoms with Gasteiger partial charge in [-0.2, -0.15) is 13.2 Å². The SMILES string of the molecule is [2H]C([2H])([2H])C([2H])([2H])S(=O)(=O)c1ccc([C@H](CO)NC(=O)c2ccc3c(c2)cc(Cc2ccc(Cl)cc2C(F)(F)F)n3CCO)cc1. The second kappa shape index (κ2) is 12.2. The van der Waals surface area contributed by atoms with Crippen LogP contribution in [0.15, 0.2) is 71.6 Å². The Kier molecular flexibility index (Phi) is 7.23. The lowest BCUT2D eigenvalue weighted by molar-refractivity contribution is -0.138. The van der Waals surface area contributed by atoms with Gasteiger partial charge < -0.3 is 20.1 Å². The first-order valence-corrected chi connectivity index (χ1v) is 14.0. The minimum Gasteiger partial charge on any atom is -0.395 e. The highest BCUT2D eigenvalue weighted by Gasteiger charge is 2.33. The van der Waals surface area contributed by atoms with E-state index in [0.717, 1.165) is 18.2 Å². The monoisotopic (exact) mass is 613 g/mol. The number of carbonyl (C=O) groups is 1. The summed E-state index contributed by atoms with van der Waals surface area (Å²) in [5, 5.41) is 22.6. The minimum absolute atomic E-state index is 0.0315. The lowest BCUT2D eigenvalue weighted by Gasteiger charge is -2.17. The van der Waals surface area contributed by atoms with Crippen molar-refractivity contribution in [3.63, 3.8) is 0 Å². The first-order chi connectivity index (χ1) is 21.3. The lowest BCUT2D eigenvalue weighted by atomic mass is 10.0. The second-order valence-electron chi connectivity index (χ2n) is 9.14. The molecule has 218 valence electrons. The third kappa shape index (κ3) is 6.75. The maximum absolute atomic E-state index is 13.7. The lowest BCUT2D eigenvalue weighted by Crippen LogP contribution is -2.30. The number of sulfone groups is 1. The van der Waals surface area contributed by atoms with Gasteiger partial charge in [0.05, 0.1) is 35.4 Å². The number of aliphatic hydroxyl groups excluding tert-OH is 2. The molecule has 1 amide bonds. The molecule has 41 heavy (non-hydrogen) atoms.